The van der Waals surface area contributed by atoms with Crippen LogP contribution in [-0.2, 0) is 11.3 Å². The molecule has 0 aliphatic carbocycles. The minimum atomic E-state index is 0.0334. The van der Waals surface area contributed by atoms with Crippen molar-refractivity contribution >= 4 is 17.7 Å². The predicted octanol–water partition coefficient (Wildman–Crippen LogP) is 1.07. The maximum Gasteiger partial charge on any atom is 0.240 e. The van der Waals surface area contributed by atoms with E-state index in [1.54, 1.807) is 0 Å². The molecule has 25 heavy (non-hydrogen) atoms. The molecule has 3 heterocycles. The first kappa shape index (κ1) is 17.3. The molecule has 6 heteroatoms. The zero-order valence-electron chi connectivity index (χ0n) is 14.8. The summed E-state index contributed by atoms with van der Waals surface area (Å²) in [5.74, 6) is 2.28. The fourth-order valence-corrected chi connectivity index (χ4v) is 5.08. The number of amides is 1. The Labute approximate surface area is 154 Å². The Balaban J connectivity index is 1.24. The monoisotopic (exact) mass is 360 g/mol. The average molecular weight is 361 g/mol. The lowest BCUT2D eigenvalue weighted by molar-refractivity contribution is -0.131. The smallest absolute Gasteiger partial charge is 0.240 e. The second-order valence-electron chi connectivity index (χ2n) is 7.29. The number of carbonyl (C=O) groups is 1. The van der Waals surface area contributed by atoms with E-state index in [1.165, 1.54) is 5.56 Å². The van der Waals surface area contributed by atoms with Crippen molar-refractivity contribution in [1.29, 1.82) is 0 Å². The van der Waals surface area contributed by atoms with Gasteiger partial charge in [-0.2, -0.15) is 0 Å². The molecule has 0 radical (unpaired) electrons. The van der Waals surface area contributed by atoms with Crippen LogP contribution in [0.1, 0.15) is 12.0 Å². The van der Waals surface area contributed by atoms with Crippen LogP contribution in [0.15, 0.2) is 30.3 Å². The van der Waals surface area contributed by atoms with Gasteiger partial charge in [0.2, 0.25) is 5.91 Å². The van der Waals surface area contributed by atoms with E-state index in [-0.39, 0.29) is 6.04 Å². The van der Waals surface area contributed by atoms with Crippen molar-refractivity contribution in [3.8, 4) is 0 Å². The van der Waals surface area contributed by atoms with Gasteiger partial charge in [-0.1, -0.05) is 30.3 Å². The van der Waals surface area contributed by atoms with Gasteiger partial charge >= 0.3 is 0 Å². The number of thioether (sulfide) groups is 1. The molecule has 1 N–H and O–H groups in total. The molecule has 0 saturated carbocycles. The predicted molar refractivity (Wildman–Crippen MR) is 103 cm³/mol. The normalized spacial score (nSPS) is 28.6. The second kappa shape index (κ2) is 8.08. The van der Waals surface area contributed by atoms with Crippen LogP contribution in [0.2, 0.25) is 0 Å². The Bertz CT molecular complexity index is 570. The van der Waals surface area contributed by atoms with Gasteiger partial charge in [0.15, 0.2) is 0 Å². The lowest BCUT2D eigenvalue weighted by atomic mass is 10.1. The first-order valence-corrected chi connectivity index (χ1v) is 10.6. The fourth-order valence-electron chi connectivity index (χ4n) is 4.12. The number of benzene rings is 1. The van der Waals surface area contributed by atoms with Crippen LogP contribution >= 0.6 is 11.8 Å². The first-order chi connectivity index (χ1) is 12.3. The standard InChI is InChI=1S/C19H28N4OS/c24-19(23-10-11-25-15-23)18-12-17(13-20-18)22-8-6-21(7-9-22)14-16-4-2-1-3-5-16/h1-5,17-18,20H,6-15H2/t17-,18-/m0/s1. The van der Waals surface area contributed by atoms with E-state index in [0.717, 1.165) is 63.9 Å². The van der Waals surface area contributed by atoms with Gasteiger partial charge in [0.05, 0.1) is 11.9 Å². The maximum atomic E-state index is 12.6. The van der Waals surface area contributed by atoms with Gasteiger partial charge in [0.1, 0.15) is 0 Å². The zero-order valence-corrected chi connectivity index (χ0v) is 15.6. The van der Waals surface area contributed by atoms with E-state index >= 15 is 0 Å². The van der Waals surface area contributed by atoms with Gasteiger partial charge in [-0.25, -0.2) is 0 Å². The van der Waals surface area contributed by atoms with E-state index < -0.39 is 0 Å². The molecule has 0 unspecified atom stereocenters. The van der Waals surface area contributed by atoms with Crippen molar-refractivity contribution in [1.82, 2.24) is 20.0 Å². The summed E-state index contributed by atoms with van der Waals surface area (Å²) in [5.41, 5.74) is 1.40. The third-order valence-corrected chi connectivity index (χ3v) is 6.61. The Morgan fingerprint density at radius 2 is 1.92 bits per heavy atom. The van der Waals surface area contributed by atoms with Crippen molar-refractivity contribution in [3.05, 3.63) is 35.9 Å². The number of nitrogens with zero attached hydrogens (tertiary/aromatic N) is 3. The SMILES string of the molecule is O=C([C@@H]1C[C@H](N2CCN(Cc3ccccc3)CC2)CN1)N1CCSC1. The quantitative estimate of drug-likeness (QED) is 0.870. The molecule has 0 spiro atoms. The molecule has 2 atom stereocenters. The molecule has 0 aromatic heterocycles. The minimum Gasteiger partial charge on any atom is -0.331 e. The van der Waals surface area contributed by atoms with Crippen molar-refractivity contribution in [2.75, 3.05) is 50.9 Å². The topological polar surface area (TPSA) is 38.8 Å². The highest BCUT2D eigenvalue weighted by Gasteiger charge is 2.36. The Hall–Kier alpha value is -1.08. The summed E-state index contributed by atoms with van der Waals surface area (Å²) in [5, 5.41) is 3.48. The number of carbonyl (C=O) groups excluding carboxylic acids is 1. The lowest BCUT2D eigenvalue weighted by Crippen LogP contribution is -2.50. The molecule has 3 aliphatic rings. The highest BCUT2D eigenvalue weighted by molar-refractivity contribution is 7.99. The molecule has 1 aromatic carbocycles. The van der Waals surface area contributed by atoms with Crippen LogP contribution in [0, 0.1) is 0 Å². The summed E-state index contributed by atoms with van der Waals surface area (Å²) in [6.45, 7) is 7.38. The van der Waals surface area contributed by atoms with Crippen LogP contribution < -0.4 is 5.32 Å². The Kier molecular flexibility index (Phi) is 5.60. The summed E-state index contributed by atoms with van der Waals surface area (Å²) in [4.78, 5) is 19.7. The van der Waals surface area contributed by atoms with E-state index in [1.807, 2.05) is 16.7 Å². The molecular formula is C19H28N4OS. The van der Waals surface area contributed by atoms with Crippen LogP contribution in [0.3, 0.4) is 0 Å². The fraction of sp³-hybridized carbons (Fsp3) is 0.632. The summed E-state index contributed by atoms with van der Waals surface area (Å²) in [6.07, 6.45) is 0.971. The van der Waals surface area contributed by atoms with Gasteiger partial charge in [0, 0.05) is 57.6 Å². The molecule has 3 fully saturated rings. The summed E-state index contributed by atoms with van der Waals surface area (Å²) in [7, 11) is 0. The highest BCUT2D eigenvalue weighted by atomic mass is 32.2. The summed E-state index contributed by atoms with van der Waals surface area (Å²) < 4.78 is 0. The maximum absolute atomic E-state index is 12.6. The van der Waals surface area contributed by atoms with E-state index in [4.69, 9.17) is 0 Å². The molecular weight excluding hydrogens is 332 g/mol. The summed E-state index contributed by atoms with van der Waals surface area (Å²) >= 11 is 1.86. The van der Waals surface area contributed by atoms with Crippen molar-refractivity contribution in [3.63, 3.8) is 0 Å². The summed E-state index contributed by atoms with van der Waals surface area (Å²) in [6, 6.07) is 11.3. The van der Waals surface area contributed by atoms with Crippen molar-refractivity contribution in [2.45, 2.75) is 25.0 Å². The number of rotatable bonds is 4. The Morgan fingerprint density at radius 3 is 2.64 bits per heavy atom. The van der Waals surface area contributed by atoms with Gasteiger partial charge in [-0.05, 0) is 12.0 Å². The number of nitrogens with one attached hydrogen (secondary N) is 1. The van der Waals surface area contributed by atoms with Crippen molar-refractivity contribution in [2.24, 2.45) is 0 Å². The Morgan fingerprint density at radius 1 is 1.12 bits per heavy atom. The molecule has 4 rings (SSSR count). The van der Waals surface area contributed by atoms with Gasteiger partial charge in [0.25, 0.3) is 0 Å². The van der Waals surface area contributed by atoms with E-state index in [0.29, 0.717) is 11.9 Å². The molecule has 136 valence electrons. The molecule has 3 saturated heterocycles. The third-order valence-electron chi connectivity index (χ3n) is 5.64. The number of hydrogen-bond donors (Lipinski definition) is 1. The lowest BCUT2D eigenvalue weighted by Gasteiger charge is -2.38. The van der Waals surface area contributed by atoms with Crippen LogP contribution in [0.25, 0.3) is 0 Å². The van der Waals surface area contributed by atoms with Gasteiger partial charge in [-0.15, -0.1) is 11.8 Å². The third kappa shape index (κ3) is 4.19. The van der Waals surface area contributed by atoms with E-state index in [2.05, 4.69) is 45.4 Å². The second-order valence-corrected chi connectivity index (χ2v) is 8.36. The van der Waals surface area contributed by atoms with E-state index in [9.17, 15) is 4.79 Å². The largest absolute Gasteiger partial charge is 0.331 e. The first-order valence-electron chi connectivity index (χ1n) is 9.40. The molecule has 1 aromatic rings. The number of piperazine rings is 1. The van der Waals surface area contributed by atoms with Crippen LogP contribution in [0.4, 0.5) is 0 Å². The van der Waals surface area contributed by atoms with Gasteiger partial charge in [-0.3, -0.25) is 14.6 Å². The number of hydrogen-bond acceptors (Lipinski definition) is 5. The van der Waals surface area contributed by atoms with Gasteiger partial charge < -0.3 is 10.2 Å². The molecule has 1 amide bonds. The minimum absolute atomic E-state index is 0.0334. The molecule has 3 aliphatic heterocycles. The highest BCUT2D eigenvalue weighted by Crippen LogP contribution is 2.21. The van der Waals surface area contributed by atoms with Crippen molar-refractivity contribution < 1.29 is 4.79 Å². The van der Waals surface area contributed by atoms with Crippen LogP contribution in [0.5, 0.6) is 0 Å². The molecule has 5 nitrogen and oxygen atoms in total. The average Bonchev–Trinajstić information content (AvgIpc) is 3.35. The zero-order chi connectivity index (χ0) is 17.1. The van der Waals surface area contributed by atoms with Crippen LogP contribution in [-0.4, -0.2) is 83.6 Å². The molecule has 0 bridgehead atoms.